The van der Waals surface area contributed by atoms with E-state index in [1.807, 2.05) is 56.9 Å². The molecule has 248 valence electrons. The molecule has 3 amide bonds. The highest BCUT2D eigenvalue weighted by molar-refractivity contribution is 9.09. The van der Waals surface area contributed by atoms with Gasteiger partial charge in [-0.2, -0.15) is 0 Å². The van der Waals surface area contributed by atoms with E-state index >= 15 is 0 Å². The molecule has 4 rings (SSSR count). The number of amides is 3. The molecule has 1 aromatic rings. The molecule has 1 spiro atoms. The number of aliphatic hydroxyl groups is 1. The minimum Gasteiger partial charge on any atom is -0.494 e. The zero-order valence-corrected chi connectivity index (χ0v) is 29.8. The Hall–Kier alpha value is -2.30. The first-order chi connectivity index (χ1) is 21.6. The number of hydrogen-bond donors (Lipinski definition) is 1. The molecule has 0 saturated carbocycles. The number of hydrogen-bond acceptors (Lipinski definition) is 6. The van der Waals surface area contributed by atoms with Crippen LogP contribution in [0.5, 0.6) is 5.75 Å². The summed E-state index contributed by atoms with van der Waals surface area (Å²) in [7, 11) is 0. The number of aliphatic hydroxyl groups excluding tert-OH is 1. The largest absolute Gasteiger partial charge is 0.494 e. The van der Waals surface area contributed by atoms with Gasteiger partial charge in [0.2, 0.25) is 17.7 Å². The Balaban J connectivity index is 1.83. The summed E-state index contributed by atoms with van der Waals surface area (Å²) in [5.74, 6) is -1.14. The van der Waals surface area contributed by atoms with Crippen molar-refractivity contribution in [3.05, 3.63) is 49.6 Å². The first kappa shape index (κ1) is 35.6. The molecule has 45 heavy (non-hydrogen) atoms. The van der Waals surface area contributed by atoms with Crippen LogP contribution in [0.3, 0.4) is 0 Å². The summed E-state index contributed by atoms with van der Waals surface area (Å²) < 4.78 is 4.81. The standard InChI is InChI=1S/C35H50BrN3O5S/c1-8-13-23(7)37(18-9-2)34(43)31-35-20-26(36)30(45-35)28(29(35)33(42)39(31)27(21-40)22(6)11-4)32(41)38(19-10-3)24-14-16-25(17-15-24)44-12-5/h9-10,14-17,22-23,26-31,40H,2-3,8,11-13,18-21H2,1,4-7H3/t22-,23?,26?,27-,28-,29-,30-,31?,35?/m0/s1. The highest BCUT2D eigenvalue weighted by Crippen LogP contribution is 2.68. The van der Waals surface area contributed by atoms with Gasteiger partial charge in [-0.05, 0) is 56.9 Å². The van der Waals surface area contributed by atoms with Crippen molar-refractivity contribution in [3.63, 3.8) is 0 Å². The molecule has 8 nitrogen and oxygen atoms in total. The summed E-state index contributed by atoms with van der Waals surface area (Å²) >= 11 is 5.52. The molecule has 10 heteroatoms. The number of likely N-dealkylation sites (tertiary alicyclic amines) is 1. The number of nitrogens with zero attached hydrogens (tertiary/aromatic N) is 3. The lowest BCUT2D eigenvalue weighted by atomic mass is 9.70. The topological polar surface area (TPSA) is 90.4 Å². The predicted octanol–water partition coefficient (Wildman–Crippen LogP) is 5.68. The van der Waals surface area contributed by atoms with Crippen LogP contribution in [0.4, 0.5) is 5.69 Å². The molecule has 3 aliphatic rings. The highest BCUT2D eigenvalue weighted by atomic mass is 79.9. The van der Waals surface area contributed by atoms with Crippen LogP contribution in [0.1, 0.15) is 60.3 Å². The average Bonchev–Trinajstić information content (AvgIpc) is 3.62. The molecule has 0 radical (unpaired) electrons. The fraction of sp³-hybridized carbons (Fsp3) is 0.629. The second kappa shape index (κ2) is 15.1. The number of ether oxygens (including phenoxy) is 1. The van der Waals surface area contributed by atoms with Crippen molar-refractivity contribution >= 4 is 51.1 Å². The summed E-state index contributed by atoms with van der Waals surface area (Å²) in [4.78, 5) is 49.5. The Kier molecular flexibility index (Phi) is 11.9. The van der Waals surface area contributed by atoms with Gasteiger partial charge < -0.3 is 24.5 Å². The number of halogens is 1. The third-order valence-electron chi connectivity index (χ3n) is 9.98. The number of benzene rings is 1. The number of anilines is 1. The van der Waals surface area contributed by atoms with Crippen LogP contribution in [0.15, 0.2) is 49.6 Å². The summed E-state index contributed by atoms with van der Waals surface area (Å²) in [6.45, 7) is 18.9. The van der Waals surface area contributed by atoms with Gasteiger partial charge in [0.1, 0.15) is 11.8 Å². The first-order valence-electron chi connectivity index (χ1n) is 16.4. The third kappa shape index (κ3) is 6.35. The smallest absolute Gasteiger partial charge is 0.247 e. The Bertz CT molecular complexity index is 1250. The van der Waals surface area contributed by atoms with Gasteiger partial charge in [0.15, 0.2) is 0 Å². The molecular formula is C35H50BrN3O5S. The number of carbonyl (C=O) groups is 3. The van der Waals surface area contributed by atoms with Crippen molar-refractivity contribution in [2.24, 2.45) is 17.8 Å². The molecule has 0 aliphatic carbocycles. The molecule has 1 N–H and O–H groups in total. The molecule has 9 atom stereocenters. The monoisotopic (exact) mass is 703 g/mol. The number of alkyl halides is 1. The number of carbonyl (C=O) groups excluding carboxylic acids is 3. The van der Waals surface area contributed by atoms with Crippen molar-refractivity contribution in [2.45, 2.75) is 93.3 Å². The van der Waals surface area contributed by atoms with Crippen LogP contribution >= 0.6 is 27.7 Å². The maximum atomic E-state index is 14.8. The Morgan fingerprint density at radius 1 is 1.16 bits per heavy atom. The average molecular weight is 705 g/mol. The highest BCUT2D eigenvalue weighted by Gasteiger charge is 2.76. The minimum absolute atomic E-state index is 0.0392. The summed E-state index contributed by atoms with van der Waals surface area (Å²) in [5.41, 5.74) is 0.699. The lowest BCUT2D eigenvalue weighted by Gasteiger charge is -2.42. The minimum atomic E-state index is -0.807. The van der Waals surface area contributed by atoms with Crippen LogP contribution in [0, 0.1) is 17.8 Å². The van der Waals surface area contributed by atoms with Crippen LogP contribution in [-0.2, 0) is 14.4 Å². The Morgan fingerprint density at radius 3 is 2.38 bits per heavy atom. The van der Waals surface area contributed by atoms with E-state index in [0.717, 1.165) is 19.3 Å². The van der Waals surface area contributed by atoms with Crippen LogP contribution in [0.25, 0.3) is 0 Å². The maximum Gasteiger partial charge on any atom is 0.247 e. The fourth-order valence-corrected chi connectivity index (χ4v) is 11.3. The van der Waals surface area contributed by atoms with E-state index in [-0.39, 0.29) is 52.9 Å². The van der Waals surface area contributed by atoms with Crippen molar-refractivity contribution in [2.75, 3.05) is 31.2 Å². The van der Waals surface area contributed by atoms with E-state index in [4.69, 9.17) is 4.74 Å². The number of fused-ring (bicyclic) bond motifs is 1. The van der Waals surface area contributed by atoms with Crippen molar-refractivity contribution in [1.29, 1.82) is 0 Å². The molecule has 2 bridgehead atoms. The van der Waals surface area contributed by atoms with E-state index in [2.05, 4.69) is 36.0 Å². The van der Waals surface area contributed by atoms with Crippen LogP contribution in [-0.4, -0.2) is 91.9 Å². The van der Waals surface area contributed by atoms with Crippen molar-refractivity contribution in [3.8, 4) is 5.75 Å². The third-order valence-corrected chi connectivity index (χ3v) is 13.2. The quantitative estimate of drug-likeness (QED) is 0.176. The summed E-state index contributed by atoms with van der Waals surface area (Å²) in [5, 5.41) is 10.5. The zero-order valence-electron chi connectivity index (χ0n) is 27.4. The van der Waals surface area contributed by atoms with E-state index in [0.29, 0.717) is 31.0 Å². The summed E-state index contributed by atoms with van der Waals surface area (Å²) in [6.07, 6.45) is 6.49. The molecule has 0 aromatic heterocycles. The van der Waals surface area contributed by atoms with Gasteiger partial charge in [-0.15, -0.1) is 24.9 Å². The molecule has 3 fully saturated rings. The van der Waals surface area contributed by atoms with Gasteiger partial charge in [0.05, 0.1) is 35.8 Å². The number of thioether (sulfide) groups is 1. The summed E-state index contributed by atoms with van der Waals surface area (Å²) in [6, 6.07) is 6.01. The SMILES string of the molecule is C=CCN(C(=O)[C@H]1[C@H]2C(=O)N([C@@H](CO)[C@@H](C)CC)C(C(=O)N(CC=C)C(C)CCC)C23CC(Br)[C@@H]1S3)c1ccc(OCC)cc1. The second-order valence-electron chi connectivity index (χ2n) is 12.6. The lowest BCUT2D eigenvalue weighted by Crippen LogP contribution is -2.60. The van der Waals surface area contributed by atoms with E-state index in [1.165, 1.54) is 0 Å². The van der Waals surface area contributed by atoms with Gasteiger partial charge in [0, 0.05) is 34.9 Å². The molecule has 3 aliphatic heterocycles. The van der Waals surface area contributed by atoms with E-state index < -0.39 is 28.7 Å². The molecule has 3 heterocycles. The van der Waals surface area contributed by atoms with E-state index in [9.17, 15) is 19.5 Å². The molecular weight excluding hydrogens is 654 g/mol. The van der Waals surface area contributed by atoms with Gasteiger partial charge >= 0.3 is 0 Å². The normalized spacial score (nSPS) is 28.7. The predicted molar refractivity (Wildman–Crippen MR) is 186 cm³/mol. The Labute approximate surface area is 281 Å². The van der Waals surface area contributed by atoms with Crippen LogP contribution in [0.2, 0.25) is 0 Å². The van der Waals surface area contributed by atoms with Crippen molar-refractivity contribution < 1.29 is 24.2 Å². The second-order valence-corrected chi connectivity index (χ2v) is 15.3. The van der Waals surface area contributed by atoms with Gasteiger partial charge in [-0.3, -0.25) is 14.4 Å². The molecule has 4 unspecified atom stereocenters. The lowest BCUT2D eigenvalue weighted by molar-refractivity contribution is -0.147. The van der Waals surface area contributed by atoms with E-state index in [1.54, 1.807) is 33.7 Å². The van der Waals surface area contributed by atoms with Gasteiger partial charge in [-0.1, -0.05) is 61.7 Å². The van der Waals surface area contributed by atoms with Gasteiger partial charge in [-0.25, -0.2) is 0 Å². The maximum absolute atomic E-state index is 14.8. The van der Waals surface area contributed by atoms with Crippen molar-refractivity contribution in [1.82, 2.24) is 9.80 Å². The molecule has 1 aromatic carbocycles. The fourth-order valence-electron chi connectivity index (χ4n) is 7.68. The number of rotatable bonds is 16. The first-order valence-corrected chi connectivity index (χ1v) is 18.2. The van der Waals surface area contributed by atoms with Gasteiger partial charge in [0.25, 0.3) is 0 Å². The Morgan fingerprint density at radius 2 is 1.82 bits per heavy atom. The van der Waals surface area contributed by atoms with Crippen LogP contribution < -0.4 is 9.64 Å². The zero-order chi connectivity index (χ0) is 33.1. The molecule has 3 saturated heterocycles.